The smallest absolute Gasteiger partial charge is 0.417 e. The van der Waals surface area contributed by atoms with E-state index in [2.05, 4.69) is 16.8 Å². The van der Waals surface area contributed by atoms with Crippen LogP contribution in [0, 0.1) is 23.7 Å². The summed E-state index contributed by atoms with van der Waals surface area (Å²) in [5.41, 5.74) is 0.667. The highest BCUT2D eigenvalue weighted by Gasteiger charge is 2.33. The van der Waals surface area contributed by atoms with Gasteiger partial charge < -0.3 is 14.9 Å². The maximum Gasteiger partial charge on any atom is 0.417 e. The Labute approximate surface area is 225 Å². The molecule has 0 saturated carbocycles. The summed E-state index contributed by atoms with van der Waals surface area (Å²) >= 11 is 0. The second-order valence-electron chi connectivity index (χ2n) is 9.86. The number of pyridine rings is 1. The van der Waals surface area contributed by atoms with Crippen LogP contribution in [0.5, 0.6) is 5.75 Å². The van der Waals surface area contributed by atoms with Gasteiger partial charge in [-0.1, -0.05) is 24.0 Å². The van der Waals surface area contributed by atoms with Crippen LogP contribution in [0.1, 0.15) is 48.5 Å². The van der Waals surface area contributed by atoms with E-state index in [1.54, 1.807) is 19.4 Å². The molecule has 2 aromatic carbocycles. The van der Waals surface area contributed by atoms with E-state index < -0.39 is 23.8 Å². The molecule has 1 aliphatic heterocycles. The number of carboxylic acid groups (broad SMARTS) is 1. The van der Waals surface area contributed by atoms with E-state index in [-0.39, 0.29) is 30.4 Å². The summed E-state index contributed by atoms with van der Waals surface area (Å²) in [5.74, 6) is 5.19. The van der Waals surface area contributed by atoms with E-state index in [9.17, 15) is 28.2 Å². The number of hydrogen-bond donors (Lipinski definition) is 2. The Morgan fingerprint density at radius 3 is 2.74 bits per heavy atom. The van der Waals surface area contributed by atoms with Gasteiger partial charge in [-0.15, -0.1) is 0 Å². The Morgan fingerprint density at radius 1 is 1.21 bits per heavy atom. The number of aliphatic hydroxyl groups is 1. The summed E-state index contributed by atoms with van der Waals surface area (Å²) in [5, 5.41) is 21.4. The van der Waals surface area contributed by atoms with Crippen molar-refractivity contribution in [3.05, 3.63) is 71.4 Å². The minimum atomic E-state index is -4.48. The molecule has 206 valence electrons. The number of hydrogen-bond acceptors (Lipinski definition) is 5. The van der Waals surface area contributed by atoms with Crippen molar-refractivity contribution in [2.24, 2.45) is 11.8 Å². The number of likely N-dealkylation sites (tertiary alicyclic amines) is 1. The first-order valence-corrected chi connectivity index (χ1v) is 12.9. The summed E-state index contributed by atoms with van der Waals surface area (Å²) in [4.78, 5) is 17.9. The molecule has 3 atom stereocenters. The molecule has 0 unspecified atom stereocenters. The Balaban J connectivity index is 1.40. The molecule has 1 aliphatic rings. The van der Waals surface area contributed by atoms with Crippen LogP contribution in [-0.2, 0) is 11.0 Å². The predicted octanol–water partition coefficient (Wildman–Crippen LogP) is 5.54. The van der Waals surface area contributed by atoms with Crippen LogP contribution in [0.15, 0.2) is 54.7 Å². The molecule has 0 spiro atoms. The van der Waals surface area contributed by atoms with Crippen LogP contribution in [0.25, 0.3) is 10.9 Å². The molecular formula is C30H31F3N2O4. The lowest BCUT2D eigenvalue weighted by molar-refractivity contribution is -0.139. The monoisotopic (exact) mass is 540 g/mol. The maximum absolute atomic E-state index is 13.2. The van der Waals surface area contributed by atoms with Gasteiger partial charge in [-0.05, 0) is 79.6 Å². The Hall–Kier alpha value is -3.61. The summed E-state index contributed by atoms with van der Waals surface area (Å²) in [6.45, 7) is 1.39. The lowest BCUT2D eigenvalue weighted by Gasteiger charge is -2.37. The van der Waals surface area contributed by atoms with Crippen molar-refractivity contribution >= 4 is 16.9 Å². The number of piperidine rings is 1. The number of methoxy groups -OCH3 is 1. The Morgan fingerprint density at radius 2 is 2.00 bits per heavy atom. The zero-order valence-corrected chi connectivity index (χ0v) is 21.6. The summed E-state index contributed by atoms with van der Waals surface area (Å²) in [7, 11) is 1.58. The van der Waals surface area contributed by atoms with E-state index in [0.717, 1.165) is 29.0 Å². The number of carbonyl (C=O) groups is 1. The van der Waals surface area contributed by atoms with E-state index >= 15 is 0 Å². The van der Waals surface area contributed by atoms with Crippen molar-refractivity contribution in [2.75, 3.05) is 26.7 Å². The van der Waals surface area contributed by atoms with Gasteiger partial charge in [0.05, 0.1) is 30.8 Å². The molecule has 1 fully saturated rings. The first-order valence-electron chi connectivity index (χ1n) is 12.9. The first kappa shape index (κ1) is 28.4. The molecule has 3 aromatic rings. The predicted molar refractivity (Wildman–Crippen MR) is 141 cm³/mol. The minimum Gasteiger partial charge on any atom is -0.497 e. The molecule has 9 heteroatoms. The van der Waals surface area contributed by atoms with E-state index in [1.807, 2.05) is 23.1 Å². The van der Waals surface area contributed by atoms with Gasteiger partial charge in [0, 0.05) is 30.1 Å². The first-order chi connectivity index (χ1) is 18.7. The van der Waals surface area contributed by atoms with Gasteiger partial charge in [0.1, 0.15) is 5.75 Å². The Bertz CT molecular complexity index is 1370. The molecule has 1 saturated heterocycles. The fourth-order valence-corrected chi connectivity index (χ4v) is 5.31. The zero-order chi connectivity index (χ0) is 28.0. The van der Waals surface area contributed by atoms with Gasteiger partial charge in [-0.3, -0.25) is 14.7 Å². The van der Waals surface area contributed by atoms with E-state index in [0.29, 0.717) is 31.7 Å². The average Bonchev–Trinajstić information content (AvgIpc) is 2.91. The number of benzene rings is 2. The molecule has 4 rings (SSSR count). The number of aliphatic carboxylic acids is 1. The molecule has 2 heterocycles. The van der Waals surface area contributed by atoms with E-state index in [4.69, 9.17) is 4.74 Å². The largest absolute Gasteiger partial charge is 0.497 e. The number of fused-ring (bicyclic) bond motifs is 1. The van der Waals surface area contributed by atoms with Crippen molar-refractivity contribution in [2.45, 2.75) is 38.0 Å². The average molecular weight is 541 g/mol. The van der Waals surface area contributed by atoms with E-state index in [1.165, 1.54) is 18.2 Å². The van der Waals surface area contributed by atoms with Gasteiger partial charge >= 0.3 is 12.1 Å². The standard InChI is InChI=1S/C30H31F3N2O4/c1-39-23-9-10-27-25(18-23)24(12-14-34-27)28(36)11-8-20-13-16-35(19-22(20)17-29(37)38)15-4-6-21-5-2-3-7-26(21)30(31,32)33/h2-3,5,7,9-10,12,14,18,20,22,28,36H,8,11,13,15-17,19H2,1H3,(H,37,38)/t20-,22+,28+/m1/s1. The molecule has 39 heavy (non-hydrogen) atoms. The number of carboxylic acids is 1. The summed E-state index contributed by atoms with van der Waals surface area (Å²) in [6.07, 6.45) is -1.75. The van der Waals surface area contributed by atoms with Crippen LogP contribution >= 0.6 is 0 Å². The third-order valence-corrected chi connectivity index (χ3v) is 7.32. The third kappa shape index (κ3) is 7.28. The lowest BCUT2D eigenvalue weighted by atomic mass is 9.79. The van der Waals surface area contributed by atoms with Gasteiger partial charge in [0.25, 0.3) is 0 Å². The van der Waals surface area contributed by atoms with Crippen LogP contribution in [0.2, 0.25) is 0 Å². The number of ether oxygens (including phenoxy) is 1. The molecule has 0 aliphatic carbocycles. The number of rotatable bonds is 8. The van der Waals surface area contributed by atoms with Crippen molar-refractivity contribution in [3.8, 4) is 17.6 Å². The van der Waals surface area contributed by atoms with Gasteiger partial charge in [0.15, 0.2) is 0 Å². The Kier molecular flexibility index (Phi) is 9.10. The number of alkyl halides is 3. The number of aliphatic hydroxyl groups excluding tert-OH is 1. The molecule has 0 amide bonds. The highest BCUT2D eigenvalue weighted by molar-refractivity contribution is 5.83. The quantitative estimate of drug-likeness (QED) is 0.365. The second-order valence-corrected chi connectivity index (χ2v) is 9.86. The fourth-order valence-electron chi connectivity index (χ4n) is 5.31. The van der Waals surface area contributed by atoms with Gasteiger partial charge in [-0.2, -0.15) is 13.2 Å². The van der Waals surface area contributed by atoms with Crippen LogP contribution in [0.3, 0.4) is 0 Å². The van der Waals surface area contributed by atoms with Gasteiger partial charge in [0.2, 0.25) is 0 Å². The van der Waals surface area contributed by atoms with Crippen LogP contribution in [-0.4, -0.2) is 52.8 Å². The van der Waals surface area contributed by atoms with Crippen molar-refractivity contribution in [3.63, 3.8) is 0 Å². The highest BCUT2D eigenvalue weighted by atomic mass is 19.4. The second kappa shape index (κ2) is 12.5. The summed E-state index contributed by atoms with van der Waals surface area (Å²) < 4.78 is 45.0. The molecule has 0 bridgehead atoms. The van der Waals surface area contributed by atoms with Crippen molar-refractivity contribution in [1.29, 1.82) is 0 Å². The number of nitrogens with zero attached hydrogens (tertiary/aromatic N) is 2. The summed E-state index contributed by atoms with van der Waals surface area (Å²) in [6, 6.07) is 12.5. The van der Waals surface area contributed by atoms with Crippen LogP contribution < -0.4 is 4.74 Å². The highest BCUT2D eigenvalue weighted by Crippen LogP contribution is 2.35. The van der Waals surface area contributed by atoms with Crippen LogP contribution in [0.4, 0.5) is 13.2 Å². The normalized spacial score (nSPS) is 18.8. The molecular weight excluding hydrogens is 509 g/mol. The van der Waals surface area contributed by atoms with Gasteiger partial charge in [-0.25, -0.2) is 0 Å². The zero-order valence-electron chi connectivity index (χ0n) is 21.6. The molecule has 1 aromatic heterocycles. The SMILES string of the molecule is COc1ccc2nccc([C@@H](O)CC[C@@H]3CCN(CC#Cc4ccccc4C(F)(F)F)C[C@@H]3CC(=O)O)c2c1. The fraction of sp³-hybridized carbons (Fsp3) is 0.400. The minimum absolute atomic E-state index is 0.0169. The number of aromatic nitrogens is 1. The lowest BCUT2D eigenvalue weighted by Crippen LogP contribution is -2.41. The molecule has 6 nitrogen and oxygen atoms in total. The third-order valence-electron chi connectivity index (χ3n) is 7.32. The van der Waals surface area contributed by atoms with Crippen molar-refractivity contribution in [1.82, 2.24) is 9.88 Å². The van der Waals surface area contributed by atoms with Crippen molar-refractivity contribution < 1.29 is 32.9 Å². The topological polar surface area (TPSA) is 82.9 Å². The molecule has 2 N–H and O–H groups in total. The maximum atomic E-state index is 13.2. The number of halogens is 3. The molecule has 0 radical (unpaired) electrons.